The number of benzene rings is 2. The number of para-hydroxylation sites is 1. The summed E-state index contributed by atoms with van der Waals surface area (Å²) in [6.07, 6.45) is 2.35. The Morgan fingerprint density at radius 2 is 1.85 bits per heavy atom. The Morgan fingerprint density at radius 3 is 2.54 bits per heavy atom. The Balaban J connectivity index is 1.45. The number of rotatable bonds is 6. The summed E-state index contributed by atoms with van der Waals surface area (Å²) in [5.74, 6) is 0.950. The van der Waals surface area contributed by atoms with Crippen molar-refractivity contribution in [2.75, 3.05) is 20.2 Å². The summed E-state index contributed by atoms with van der Waals surface area (Å²) in [7, 11) is 1.64. The molecule has 26 heavy (non-hydrogen) atoms. The maximum atomic E-state index is 12.6. The second-order valence-electron chi connectivity index (χ2n) is 6.65. The topological polar surface area (TPSA) is 41.6 Å². The van der Waals surface area contributed by atoms with E-state index in [1.807, 2.05) is 53.4 Å². The van der Waals surface area contributed by atoms with Gasteiger partial charge in [0.05, 0.1) is 13.5 Å². The molecule has 1 amide bonds. The van der Waals surface area contributed by atoms with Gasteiger partial charge < -0.3 is 15.0 Å². The van der Waals surface area contributed by atoms with Crippen molar-refractivity contribution < 1.29 is 9.53 Å². The van der Waals surface area contributed by atoms with E-state index in [-0.39, 0.29) is 5.91 Å². The van der Waals surface area contributed by atoms with E-state index < -0.39 is 0 Å². The highest BCUT2D eigenvalue weighted by Gasteiger charge is 2.23. The first kappa shape index (κ1) is 18.7. The highest BCUT2D eigenvalue weighted by molar-refractivity contribution is 6.30. The molecule has 0 unspecified atom stereocenters. The van der Waals surface area contributed by atoms with Crippen LogP contribution in [0, 0.1) is 0 Å². The Hall–Kier alpha value is -2.04. The molecule has 0 bridgehead atoms. The summed E-state index contributed by atoms with van der Waals surface area (Å²) in [5.41, 5.74) is 2.17. The minimum Gasteiger partial charge on any atom is -0.496 e. The maximum Gasteiger partial charge on any atom is 0.227 e. The Bertz CT molecular complexity index is 725. The van der Waals surface area contributed by atoms with Gasteiger partial charge in [-0.2, -0.15) is 0 Å². The zero-order valence-corrected chi connectivity index (χ0v) is 15.8. The smallest absolute Gasteiger partial charge is 0.227 e. The number of nitrogens with zero attached hydrogens (tertiary/aromatic N) is 1. The van der Waals surface area contributed by atoms with Gasteiger partial charge >= 0.3 is 0 Å². The fourth-order valence-electron chi connectivity index (χ4n) is 3.32. The summed E-state index contributed by atoms with van der Waals surface area (Å²) in [6, 6.07) is 16.1. The second-order valence-corrected chi connectivity index (χ2v) is 7.09. The van der Waals surface area contributed by atoms with Crippen LogP contribution in [0.3, 0.4) is 0 Å². The summed E-state index contributed by atoms with van der Waals surface area (Å²) in [6.45, 7) is 2.43. The van der Waals surface area contributed by atoms with Gasteiger partial charge in [-0.3, -0.25) is 4.79 Å². The van der Waals surface area contributed by atoms with Gasteiger partial charge in [-0.15, -0.1) is 0 Å². The zero-order valence-electron chi connectivity index (χ0n) is 15.1. The Kier molecular flexibility index (Phi) is 6.53. The molecule has 1 N–H and O–H groups in total. The Morgan fingerprint density at radius 1 is 1.15 bits per heavy atom. The van der Waals surface area contributed by atoms with E-state index in [0.717, 1.165) is 48.8 Å². The summed E-state index contributed by atoms with van der Waals surface area (Å²) < 4.78 is 5.34. The van der Waals surface area contributed by atoms with Crippen molar-refractivity contribution in [1.82, 2.24) is 10.2 Å². The number of nitrogens with one attached hydrogen (secondary N) is 1. The van der Waals surface area contributed by atoms with Crippen LogP contribution in [0.1, 0.15) is 24.0 Å². The van der Waals surface area contributed by atoms with Crippen molar-refractivity contribution in [3.8, 4) is 5.75 Å². The molecule has 2 aromatic carbocycles. The maximum absolute atomic E-state index is 12.6. The van der Waals surface area contributed by atoms with Crippen LogP contribution in [0.15, 0.2) is 48.5 Å². The highest BCUT2D eigenvalue weighted by Crippen LogP contribution is 2.20. The van der Waals surface area contributed by atoms with Crippen molar-refractivity contribution in [2.24, 2.45) is 0 Å². The lowest BCUT2D eigenvalue weighted by atomic mass is 10.0. The number of carbonyl (C=O) groups excluding carboxylic acids is 1. The molecule has 0 saturated carbocycles. The first-order chi connectivity index (χ1) is 12.7. The first-order valence-electron chi connectivity index (χ1n) is 9.03. The molecule has 138 valence electrons. The summed E-state index contributed by atoms with van der Waals surface area (Å²) >= 11 is 5.92. The third kappa shape index (κ3) is 4.99. The van der Waals surface area contributed by atoms with Crippen molar-refractivity contribution in [3.05, 3.63) is 64.7 Å². The van der Waals surface area contributed by atoms with E-state index in [4.69, 9.17) is 16.3 Å². The third-order valence-corrected chi connectivity index (χ3v) is 5.14. The number of carbonyl (C=O) groups is 1. The van der Waals surface area contributed by atoms with Crippen molar-refractivity contribution >= 4 is 17.5 Å². The van der Waals surface area contributed by atoms with Crippen molar-refractivity contribution in [3.63, 3.8) is 0 Å². The van der Waals surface area contributed by atoms with Crippen LogP contribution in [0.5, 0.6) is 5.75 Å². The molecule has 0 spiro atoms. The number of hydrogen-bond donors (Lipinski definition) is 1. The molecule has 1 fully saturated rings. The fraction of sp³-hybridized carbons (Fsp3) is 0.381. The van der Waals surface area contributed by atoms with Crippen molar-refractivity contribution in [1.29, 1.82) is 0 Å². The standard InChI is InChI=1S/C21H25ClN2O2/c1-26-20-5-3-2-4-17(20)14-21(25)24-12-10-19(11-13-24)23-15-16-6-8-18(22)9-7-16/h2-9,19,23H,10-15H2,1H3. The molecular formula is C21H25ClN2O2. The number of hydrogen-bond acceptors (Lipinski definition) is 3. The van der Waals surface area contributed by atoms with Gasteiger partial charge in [0, 0.05) is 36.3 Å². The van der Waals surface area contributed by atoms with Crippen LogP contribution >= 0.6 is 11.6 Å². The largest absolute Gasteiger partial charge is 0.496 e. The number of ether oxygens (including phenoxy) is 1. The molecule has 4 nitrogen and oxygen atoms in total. The monoisotopic (exact) mass is 372 g/mol. The zero-order chi connectivity index (χ0) is 18.4. The van der Waals surface area contributed by atoms with Gasteiger partial charge in [-0.05, 0) is 36.6 Å². The molecule has 1 aliphatic rings. The number of amides is 1. The van der Waals surface area contributed by atoms with E-state index in [1.54, 1.807) is 7.11 Å². The number of methoxy groups -OCH3 is 1. The lowest BCUT2D eigenvalue weighted by Gasteiger charge is -2.32. The second kappa shape index (κ2) is 9.06. The molecule has 3 rings (SSSR count). The van der Waals surface area contributed by atoms with Crippen LogP contribution in [-0.4, -0.2) is 37.0 Å². The highest BCUT2D eigenvalue weighted by atomic mass is 35.5. The average Bonchev–Trinajstić information content (AvgIpc) is 2.68. The van der Waals surface area contributed by atoms with E-state index in [0.29, 0.717) is 12.5 Å². The normalized spacial score (nSPS) is 15.1. The lowest BCUT2D eigenvalue weighted by molar-refractivity contribution is -0.131. The molecule has 0 radical (unpaired) electrons. The predicted octanol–water partition coefficient (Wildman–Crippen LogP) is 3.67. The van der Waals surface area contributed by atoms with E-state index in [1.165, 1.54) is 5.56 Å². The number of halogens is 1. The lowest BCUT2D eigenvalue weighted by Crippen LogP contribution is -2.45. The summed E-state index contributed by atoms with van der Waals surface area (Å²) in [5, 5.41) is 4.34. The fourth-order valence-corrected chi connectivity index (χ4v) is 3.45. The minimum atomic E-state index is 0.172. The van der Waals surface area contributed by atoms with E-state index in [9.17, 15) is 4.79 Å². The average molecular weight is 373 g/mol. The van der Waals surface area contributed by atoms with Gasteiger partial charge in [-0.1, -0.05) is 41.9 Å². The Labute approximate surface area is 160 Å². The molecule has 0 aliphatic carbocycles. The molecule has 1 heterocycles. The molecule has 1 saturated heterocycles. The number of likely N-dealkylation sites (tertiary alicyclic amines) is 1. The molecule has 0 atom stereocenters. The van der Waals surface area contributed by atoms with Gasteiger partial charge in [0.15, 0.2) is 0 Å². The van der Waals surface area contributed by atoms with E-state index >= 15 is 0 Å². The molecule has 5 heteroatoms. The predicted molar refractivity (Wildman–Crippen MR) is 105 cm³/mol. The number of piperidine rings is 1. The van der Waals surface area contributed by atoms with Gasteiger partial charge in [0.2, 0.25) is 5.91 Å². The van der Waals surface area contributed by atoms with Gasteiger partial charge in [-0.25, -0.2) is 0 Å². The molecular weight excluding hydrogens is 348 g/mol. The van der Waals surface area contributed by atoms with Crippen molar-refractivity contribution in [2.45, 2.75) is 31.8 Å². The molecule has 2 aromatic rings. The van der Waals surface area contributed by atoms with Crippen LogP contribution in [0.25, 0.3) is 0 Å². The third-order valence-electron chi connectivity index (χ3n) is 4.89. The molecule has 0 aromatic heterocycles. The van der Waals surface area contributed by atoms with Gasteiger partial charge in [0.25, 0.3) is 0 Å². The SMILES string of the molecule is COc1ccccc1CC(=O)N1CCC(NCc2ccc(Cl)cc2)CC1. The summed E-state index contributed by atoms with van der Waals surface area (Å²) in [4.78, 5) is 14.6. The first-order valence-corrected chi connectivity index (χ1v) is 9.41. The minimum absolute atomic E-state index is 0.172. The van der Waals surface area contributed by atoms with Crippen LogP contribution in [0.2, 0.25) is 5.02 Å². The van der Waals surface area contributed by atoms with Crippen LogP contribution < -0.4 is 10.1 Å². The van der Waals surface area contributed by atoms with Gasteiger partial charge in [0.1, 0.15) is 5.75 Å². The van der Waals surface area contributed by atoms with Crippen LogP contribution in [0.4, 0.5) is 0 Å². The molecule has 1 aliphatic heterocycles. The van der Waals surface area contributed by atoms with Crippen LogP contribution in [-0.2, 0) is 17.8 Å². The van der Waals surface area contributed by atoms with E-state index in [2.05, 4.69) is 5.32 Å². The quantitative estimate of drug-likeness (QED) is 0.841.